The zero-order chi connectivity index (χ0) is 18.2. The van der Waals surface area contributed by atoms with E-state index < -0.39 is 11.7 Å². The highest BCUT2D eigenvalue weighted by molar-refractivity contribution is 5.94. The molecule has 2 amide bonds. The van der Waals surface area contributed by atoms with Crippen LogP contribution in [0, 0.1) is 0 Å². The molecular formula is C18H21F3N2O2. The van der Waals surface area contributed by atoms with Crippen LogP contribution in [-0.4, -0.2) is 46.8 Å². The van der Waals surface area contributed by atoms with Crippen molar-refractivity contribution in [2.75, 3.05) is 13.1 Å². The van der Waals surface area contributed by atoms with Gasteiger partial charge in [-0.25, -0.2) is 0 Å². The maximum Gasteiger partial charge on any atom is 0.416 e. The molecule has 25 heavy (non-hydrogen) atoms. The summed E-state index contributed by atoms with van der Waals surface area (Å²) in [5.41, 5.74) is -0.507. The van der Waals surface area contributed by atoms with Crippen LogP contribution in [0.2, 0.25) is 0 Å². The first-order chi connectivity index (χ1) is 11.8. The Kier molecular flexibility index (Phi) is 4.75. The van der Waals surface area contributed by atoms with Gasteiger partial charge in [0.1, 0.15) is 0 Å². The van der Waals surface area contributed by atoms with Gasteiger partial charge in [0, 0.05) is 25.6 Å². The Bertz CT molecular complexity index is 657. The van der Waals surface area contributed by atoms with Gasteiger partial charge in [-0.2, -0.15) is 13.2 Å². The minimum absolute atomic E-state index is 0.0105. The standard InChI is InChI=1S/C18H21F3N2O2/c1-12(24)22-10-2-4-15(22)16-5-3-11-23(16)17(25)13-6-8-14(9-7-13)18(19,20)21/h6-9,15-16H,2-5,10-11H2,1H3. The quantitative estimate of drug-likeness (QED) is 0.817. The molecule has 2 heterocycles. The van der Waals surface area contributed by atoms with Crippen molar-refractivity contribution in [3.05, 3.63) is 35.4 Å². The van der Waals surface area contributed by atoms with Gasteiger partial charge in [0.05, 0.1) is 17.6 Å². The molecule has 2 saturated heterocycles. The number of hydrogen-bond donors (Lipinski definition) is 0. The lowest BCUT2D eigenvalue weighted by Crippen LogP contribution is -2.49. The van der Waals surface area contributed by atoms with Crippen LogP contribution >= 0.6 is 0 Å². The molecule has 136 valence electrons. The van der Waals surface area contributed by atoms with Crippen molar-refractivity contribution in [2.24, 2.45) is 0 Å². The van der Waals surface area contributed by atoms with Crippen molar-refractivity contribution >= 4 is 11.8 Å². The summed E-state index contributed by atoms with van der Waals surface area (Å²) in [7, 11) is 0. The molecule has 4 nitrogen and oxygen atoms in total. The number of hydrogen-bond acceptors (Lipinski definition) is 2. The Morgan fingerprint density at radius 2 is 1.48 bits per heavy atom. The van der Waals surface area contributed by atoms with Gasteiger partial charge in [0.25, 0.3) is 5.91 Å². The second-order valence-corrected chi connectivity index (χ2v) is 6.71. The number of alkyl halides is 3. The van der Waals surface area contributed by atoms with E-state index in [0.29, 0.717) is 13.1 Å². The number of benzene rings is 1. The molecule has 0 aliphatic carbocycles. The van der Waals surface area contributed by atoms with Crippen LogP contribution in [0.4, 0.5) is 13.2 Å². The molecule has 1 aromatic rings. The lowest BCUT2D eigenvalue weighted by molar-refractivity contribution is -0.137. The smallest absolute Gasteiger partial charge is 0.338 e. The molecular weight excluding hydrogens is 333 g/mol. The summed E-state index contributed by atoms with van der Waals surface area (Å²) in [5.74, 6) is -0.247. The summed E-state index contributed by atoms with van der Waals surface area (Å²) >= 11 is 0. The summed E-state index contributed by atoms with van der Waals surface area (Å²) in [4.78, 5) is 28.2. The number of nitrogens with zero attached hydrogens (tertiary/aromatic N) is 2. The lowest BCUT2D eigenvalue weighted by atomic mass is 10.0. The number of amides is 2. The molecule has 2 fully saturated rings. The van der Waals surface area contributed by atoms with Gasteiger partial charge < -0.3 is 9.80 Å². The third kappa shape index (κ3) is 3.50. The van der Waals surface area contributed by atoms with Crippen LogP contribution < -0.4 is 0 Å². The Morgan fingerprint density at radius 1 is 0.960 bits per heavy atom. The van der Waals surface area contributed by atoms with Crippen molar-refractivity contribution in [3.8, 4) is 0 Å². The van der Waals surface area contributed by atoms with Gasteiger partial charge >= 0.3 is 6.18 Å². The largest absolute Gasteiger partial charge is 0.416 e. The normalized spacial score (nSPS) is 24.0. The average Bonchev–Trinajstić information content (AvgIpc) is 3.21. The Labute approximate surface area is 144 Å². The maximum atomic E-state index is 12.8. The molecule has 2 unspecified atom stereocenters. The van der Waals surface area contributed by atoms with E-state index >= 15 is 0 Å². The van der Waals surface area contributed by atoms with Crippen LogP contribution in [0.5, 0.6) is 0 Å². The van der Waals surface area contributed by atoms with Gasteiger partial charge in [-0.15, -0.1) is 0 Å². The highest BCUT2D eigenvalue weighted by Crippen LogP contribution is 2.32. The molecule has 1 aromatic carbocycles. The van der Waals surface area contributed by atoms with E-state index in [1.165, 1.54) is 19.1 Å². The van der Waals surface area contributed by atoms with E-state index in [1.807, 2.05) is 4.90 Å². The molecule has 2 aliphatic rings. The lowest BCUT2D eigenvalue weighted by Gasteiger charge is -2.34. The fraction of sp³-hybridized carbons (Fsp3) is 0.556. The summed E-state index contributed by atoms with van der Waals surface area (Å²) in [5, 5.41) is 0. The van der Waals surface area contributed by atoms with E-state index in [4.69, 9.17) is 0 Å². The minimum Gasteiger partial charge on any atom is -0.338 e. The predicted molar refractivity (Wildman–Crippen MR) is 85.9 cm³/mol. The summed E-state index contributed by atoms with van der Waals surface area (Å²) in [6.07, 6.45) is -0.964. The predicted octanol–water partition coefficient (Wildman–Crippen LogP) is 3.32. The van der Waals surface area contributed by atoms with E-state index in [-0.39, 0.29) is 29.5 Å². The van der Waals surface area contributed by atoms with Gasteiger partial charge in [0.2, 0.25) is 5.91 Å². The van der Waals surface area contributed by atoms with Crippen molar-refractivity contribution in [3.63, 3.8) is 0 Å². The Balaban J connectivity index is 1.78. The molecule has 0 saturated carbocycles. The third-order valence-electron chi connectivity index (χ3n) is 5.17. The van der Waals surface area contributed by atoms with Gasteiger partial charge in [-0.3, -0.25) is 9.59 Å². The van der Waals surface area contributed by atoms with Gasteiger partial charge in [-0.1, -0.05) is 0 Å². The first kappa shape index (κ1) is 17.8. The molecule has 0 bridgehead atoms. The van der Waals surface area contributed by atoms with Crippen LogP contribution in [0.3, 0.4) is 0 Å². The maximum absolute atomic E-state index is 12.8. The van der Waals surface area contributed by atoms with Crippen molar-refractivity contribution in [1.82, 2.24) is 9.80 Å². The Morgan fingerprint density at radius 3 is 2.00 bits per heavy atom. The number of halogens is 3. The minimum atomic E-state index is -4.41. The van der Waals surface area contributed by atoms with E-state index in [2.05, 4.69) is 0 Å². The highest BCUT2D eigenvalue weighted by Gasteiger charge is 2.41. The first-order valence-electron chi connectivity index (χ1n) is 8.54. The number of rotatable bonds is 2. The van der Waals surface area contributed by atoms with Crippen LogP contribution in [0.15, 0.2) is 24.3 Å². The van der Waals surface area contributed by atoms with E-state index in [0.717, 1.165) is 37.8 Å². The van der Waals surface area contributed by atoms with Crippen LogP contribution in [0.25, 0.3) is 0 Å². The summed E-state index contributed by atoms with van der Waals surface area (Å²) in [6, 6.07) is 4.31. The first-order valence-corrected chi connectivity index (χ1v) is 8.54. The second-order valence-electron chi connectivity index (χ2n) is 6.71. The fourth-order valence-corrected chi connectivity index (χ4v) is 4.00. The zero-order valence-corrected chi connectivity index (χ0v) is 14.1. The monoisotopic (exact) mass is 354 g/mol. The molecule has 0 radical (unpaired) electrons. The van der Waals surface area contributed by atoms with Crippen molar-refractivity contribution < 1.29 is 22.8 Å². The molecule has 2 aliphatic heterocycles. The molecule has 0 aromatic heterocycles. The van der Waals surface area contributed by atoms with Crippen molar-refractivity contribution in [2.45, 2.75) is 50.9 Å². The molecule has 0 N–H and O–H groups in total. The fourth-order valence-electron chi connectivity index (χ4n) is 4.00. The van der Waals surface area contributed by atoms with Crippen LogP contribution in [0.1, 0.15) is 48.5 Å². The summed E-state index contributed by atoms with van der Waals surface area (Å²) in [6.45, 7) is 2.82. The SMILES string of the molecule is CC(=O)N1CCCC1C1CCCN1C(=O)c1ccc(C(F)(F)F)cc1. The molecule has 2 atom stereocenters. The van der Waals surface area contributed by atoms with Gasteiger partial charge in [-0.05, 0) is 49.9 Å². The molecule has 7 heteroatoms. The van der Waals surface area contributed by atoms with E-state index in [9.17, 15) is 22.8 Å². The number of carbonyl (C=O) groups is 2. The molecule has 0 spiro atoms. The van der Waals surface area contributed by atoms with E-state index in [1.54, 1.807) is 4.90 Å². The van der Waals surface area contributed by atoms with Crippen molar-refractivity contribution in [1.29, 1.82) is 0 Å². The molecule has 3 rings (SSSR count). The second kappa shape index (κ2) is 6.69. The highest BCUT2D eigenvalue weighted by atomic mass is 19.4. The topological polar surface area (TPSA) is 40.6 Å². The average molecular weight is 354 g/mol. The van der Waals surface area contributed by atoms with Crippen LogP contribution in [-0.2, 0) is 11.0 Å². The van der Waals surface area contributed by atoms with Gasteiger partial charge in [0.15, 0.2) is 0 Å². The zero-order valence-electron chi connectivity index (χ0n) is 14.1. The number of likely N-dealkylation sites (tertiary alicyclic amines) is 2. The third-order valence-corrected chi connectivity index (χ3v) is 5.17. The summed E-state index contributed by atoms with van der Waals surface area (Å²) < 4.78 is 38.0. The number of carbonyl (C=O) groups excluding carboxylic acids is 2. The Hall–Kier alpha value is -2.05.